The standard InChI is InChI=1S/C16H23N3O4S/c1-11-5-6-13(14(8-11)21-2)23-10-15(20)18-19-16(24)17-9-12-4-3-7-22-12/h5-6,8,12H,3-4,7,9-10H2,1-2H3,(H,18,20)(H2,17,19,24). The highest BCUT2D eigenvalue weighted by Crippen LogP contribution is 2.27. The largest absolute Gasteiger partial charge is 0.493 e. The summed E-state index contributed by atoms with van der Waals surface area (Å²) in [6.45, 7) is 3.22. The fraction of sp³-hybridized carbons (Fsp3) is 0.500. The van der Waals surface area contributed by atoms with Crippen molar-refractivity contribution in [2.75, 3.05) is 26.9 Å². The Labute approximate surface area is 147 Å². The number of carbonyl (C=O) groups is 1. The van der Waals surface area contributed by atoms with Crippen LogP contribution in [0, 0.1) is 6.92 Å². The first kappa shape index (κ1) is 18.3. The second-order valence-corrected chi connectivity index (χ2v) is 5.87. The predicted molar refractivity (Wildman–Crippen MR) is 94.1 cm³/mol. The molecule has 3 N–H and O–H groups in total. The Morgan fingerprint density at radius 1 is 1.38 bits per heavy atom. The topological polar surface area (TPSA) is 80.9 Å². The number of benzene rings is 1. The number of aryl methyl sites for hydroxylation is 1. The fourth-order valence-corrected chi connectivity index (χ4v) is 2.39. The zero-order valence-corrected chi connectivity index (χ0v) is 14.7. The van der Waals surface area contributed by atoms with Crippen LogP contribution in [0.1, 0.15) is 18.4 Å². The first-order chi connectivity index (χ1) is 11.6. The predicted octanol–water partition coefficient (Wildman–Crippen LogP) is 1.06. The average Bonchev–Trinajstić information content (AvgIpc) is 3.10. The molecule has 1 saturated heterocycles. The number of amides is 1. The lowest BCUT2D eigenvalue weighted by Gasteiger charge is -2.15. The van der Waals surface area contributed by atoms with Crippen LogP contribution in [-0.2, 0) is 9.53 Å². The first-order valence-electron chi connectivity index (χ1n) is 7.80. The van der Waals surface area contributed by atoms with Gasteiger partial charge in [-0.25, -0.2) is 0 Å². The van der Waals surface area contributed by atoms with E-state index in [0.717, 1.165) is 25.0 Å². The molecular weight excluding hydrogens is 330 g/mol. The van der Waals surface area contributed by atoms with Crippen molar-refractivity contribution in [3.8, 4) is 11.5 Å². The number of hydrogen-bond acceptors (Lipinski definition) is 5. The van der Waals surface area contributed by atoms with Gasteiger partial charge in [-0.2, -0.15) is 0 Å². The molecular formula is C16H23N3O4S. The molecule has 1 aromatic carbocycles. The van der Waals surface area contributed by atoms with Crippen LogP contribution >= 0.6 is 12.2 Å². The number of hydrogen-bond donors (Lipinski definition) is 3. The molecule has 0 saturated carbocycles. The van der Waals surface area contributed by atoms with Gasteiger partial charge in [0.2, 0.25) is 0 Å². The van der Waals surface area contributed by atoms with Gasteiger partial charge < -0.3 is 19.5 Å². The summed E-state index contributed by atoms with van der Waals surface area (Å²) in [5.41, 5.74) is 6.16. The molecule has 0 radical (unpaired) electrons. The van der Waals surface area contributed by atoms with Crippen LogP contribution in [0.5, 0.6) is 11.5 Å². The lowest BCUT2D eigenvalue weighted by Crippen LogP contribution is -2.49. The molecule has 1 amide bonds. The molecule has 7 nitrogen and oxygen atoms in total. The first-order valence-corrected chi connectivity index (χ1v) is 8.21. The molecule has 1 unspecified atom stereocenters. The summed E-state index contributed by atoms with van der Waals surface area (Å²) < 4.78 is 16.2. The normalized spacial score (nSPS) is 16.3. The molecule has 0 aromatic heterocycles. The summed E-state index contributed by atoms with van der Waals surface area (Å²) >= 11 is 5.09. The van der Waals surface area contributed by atoms with Crippen LogP contribution in [0.25, 0.3) is 0 Å². The van der Waals surface area contributed by atoms with E-state index in [1.54, 1.807) is 13.2 Å². The highest BCUT2D eigenvalue weighted by Gasteiger charge is 2.15. The molecule has 1 fully saturated rings. The molecule has 132 valence electrons. The van der Waals surface area contributed by atoms with Gasteiger partial charge in [0.25, 0.3) is 5.91 Å². The van der Waals surface area contributed by atoms with E-state index in [1.165, 1.54) is 0 Å². The molecule has 0 spiro atoms. The summed E-state index contributed by atoms with van der Waals surface area (Å²) in [6, 6.07) is 5.50. The lowest BCUT2D eigenvalue weighted by atomic mass is 10.2. The maximum Gasteiger partial charge on any atom is 0.276 e. The van der Waals surface area contributed by atoms with Gasteiger partial charge >= 0.3 is 0 Å². The van der Waals surface area contributed by atoms with Crippen molar-refractivity contribution in [1.29, 1.82) is 0 Å². The number of methoxy groups -OCH3 is 1. The Morgan fingerprint density at radius 2 is 2.21 bits per heavy atom. The average molecular weight is 353 g/mol. The van der Waals surface area contributed by atoms with Crippen molar-refractivity contribution in [1.82, 2.24) is 16.2 Å². The quantitative estimate of drug-likeness (QED) is 0.521. The van der Waals surface area contributed by atoms with Gasteiger partial charge in [-0.15, -0.1) is 0 Å². The minimum Gasteiger partial charge on any atom is -0.493 e. The van der Waals surface area contributed by atoms with Crippen LogP contribution in [0.3, 0.4) is 0 Å². The van der Waals surface area contributed by atoms with Gasteiger partial charge in [-0.05, 0) is 49.7 Å². The number of rotatable bonds is 6. The Morgan fingerprint density at radius 3 is 2.92 bits per heavy atom. The minimum absolute atomic E-state index is 0.152. The number of carbonyl (C=O) groups excluding carboxylic acids is 1. The zero-order chi connectivity index (χ0) is 17.4. The van der Waals surface area contributed by atoms with Gasteiger partial charge in [0.1, 0.15) is 0 Å². The number of thiocarbonyl (C=S) groups is 1. The van der Waals surface area contributed by atoms with E-state index >= 15 is 0 Å². The third-order valence-corrected chi connectivity index (χ3v) is 3.75. The van der Waals surface area contributed by atoms with Gasteiger partial charge in [-0.3, -0.25) is 15.6 Å². The van der Waals surface area contributed by atoms with Gasteiger partial charge in [0.05, 0.1) is 13.2 Å². The van der Waals surface area contributed by atoms with Crippen LogP contribution in [0.15, 0.2) is 18.2 Å². The molecule has 1 heterocycles. The Bertz CT molecular complexity index is 576. The third-order valence-electron chi connectivity index (χ3n) is 3.51. The lowest BCUT2D eigenvalue weighted by molar-refractivity contribution is -0.123. The van der Waals surface area contributed by atoms with Crippen LogP contribution < -0.4 is 25.6 Å². The molecule has 1 aromatic rings. The SMILES string of the molecule is COc1cc(C)ccc1OCC(=O)NNC(=S)NCC1CCCO1. The Kier molecular flexibility index (Phi) is 7.07. The highest BCUT2D eigenvalue weighted by atomic mass is 32.1. The van der Waals surface area contributed by atoms with Gasteiger partial charge in [0, 0.05) is 13.2 Å². The van der Waals surface area contributed by atoms with Crippen molar-refractivity contribution >= 4 is 23.2 Å². The summed E-state index contributed by atoms with van der Waals surface area (Å²) in [6.07, 6.45) is 2.27. The van der Waals surface area contributed by atoms with Gasteiger partial charge in [-0.1, -0.05) is 6.07 Å². The van der Waals surface area contributed by atoms with E-state index < -0.39 is 0 Å². The maximum absolute atomic E-state index is 11.8. The minimum atomic E-state index is -0.348. The van der Waals surface area contributed by atoms with Crippen molar-refractivity contribution in [2.24, 2.45) is 0 Å². The highest BCUT2D eigenvalue weighted by molar-refractivity contribution is 7.80. The number of nitrogens with one attached hydrogen (secondary N) is 3. The van der Waals surface area contributed by atoms with E-state index in [4.69, 9.17) is 26.4 Å². The second-order valence-electron chi connectivity index (χ2n) is 5.46. The molecule has 8 heteroatoms. The Hall–Kier alpha value is -2.06. The smallest absolute Gasteiger partial charge is 0.276 e. The summed E-state index contributed by atoms with van der Waals surface area (Å²) in [4.78, 5) is 11.8. The number of hydrazine groups is 1. The van der Waals surface area contributed by atoms with Crippen molar-refractivity contribution in [3.05, 3.63) is 23.8 Å². The molecule has 1 aliphatic heterocycles. The van der Waals surface area contributed by atoms with Gasteiger partial charge in [0.15, 0.2) is 23.2 Å². The summed E-state index contributed by atoms with van der Waals surface area (Å²) in [5, 5.41) is 3.34. The van der Waals surface area contributed by atoms with Crippen LogP contribution in [0.4, 0.5) is 0 Å². The molecule has 0 bridgehead atoms. The van der Waals surface area contributed by atoms with Crippen molar-refractivity contribution in [2.45, 2.75) is 25.9 Å². The van der Waals surface area contributed by atoms with Crippen LogP contribution in [0.2, 0.25) is 0 Å². The van der Waals surface area contributed by atoms with E-state index in [0.29, 0.717) is 23.2 Å². The maximum atomic E-state index is 11.8. The van der Waals surface area contributed by atoms with E-state index in [9.17, 15) is 4.79 Å². The summed E-state index contributed by atoms with van der Waals surface area (Å²) in [5.74, 6) is 0.751. The van der Waals surface area contributed by atoms with E-state index in [1.807, 2.05) is 19.1 Å². The number of ether oxygens (including phenoxy) is 3. The van der Waals surface area contributed by atoms with Crippen LogP contribution in [-0.4, -0.2) is 44.0 Å². The second kappa shape index (κ2) is 9.29. The summed E-state index contributed by atoms with van der Waals surface area (Å²) in [7, 11) is 1.56. The fourth-order valence-electron chi connectivity index (χ4n) is 2.26. The zero-order valence-electron chi connectivity index (χ0n) is 13.9. The monoisotopic (exact) mass is 353 g/mol. The van der Waals surface area contributed by atoms with E-state index in [2.05, 4.69) is 16.2 Å². The molecule has 2 rings (SSSR count). The molecule has 0 aliphatic carbocycles. The van der Waals surface area contributed by atoms with Crippen molar-refractivity contribution in [3.63, 3.8) is 0 Å². The molecule has 1 atom stereocenters. The third kappa shape index (κ3) is 5.86. The molecule has 1 aliphatic rings. The van der Waals surface area contributed by atoms with Crippen molar-refractivity contribution < 1.29 is 19.0 Å². The Balaban J connectivity index is 1.66. The van der Waals surface area contributed by atoms with E-state index in [-0.39, 0.29) is 18.6 Å². The molecule has 24 heavy (non-hydrogen) atoms.